The van der Waals surface area contributed by atoms with Crippen molar-refractivity contribution < 1.29 is 8.42 Å². The molecule has 0 aromatic heterocycles. The van der Waals surface area contributed by atoms with Crippen molar-refractivity contribution in [3.63, 3.8) is 0 Å². The standard InChI is InChI=1S/C13H21BrN2O2S/c1-4-13(3,5-2)16-19(17,18)12-8-10(9-15)6-7-11(12)14/h6-8,16H,4-5,9,15H2,1-3H3. The first-order valence-electron chi connectivity index (χ1n) is 6.30. The van der Waals surface area contributed by atoms with Crippen LogP contribution in [0.1, 0.15) is 39.2 Å². The lowest BCUT2D eigenvalue weighted by Gasteiger charge is -2.28. The molecule has 0 aliphatic carbocycles. The molecule has 6 heteroatoms. The topological polar surface area (TPSA) is 72.2 Å². The fourth-order valence-corrected chi connectivity index (χ4v) is 4.22. The third-order valence-electron chi connectivity index (χ3n) is 3.46. The first-order valence-corrected chi connectivity index (χ1v) is 8.58. The van der Waals surface area contributed by atoms with E-state index in [1.165, 1.54) is 0 Å². The van der Waals surface area contributed by atoms with E-state index >= 15 is 0 Å². The van der Waals surface area contributed by atoms with Crippen molar-refractivity contribution in [2.75, 3.05) is 0 Å². The van der Waals surface area contributed by atoms with Gasteiger partial charge in [-0.3, -0.25) is 0 Å². The van der Waals surface area contributed by atoms with Crippen molar-refractivity contribution in [1.29, 1.82) is 0 Å². The molecule has 0 aliphatic heterocycles. The van der Waals surface area contributed by atoms with E-state index in [0.717, 1.165) is 18.4 Å². The fraction of sp³-hybridized carbons (Fsp3) is 0.538. The summed E-state index contributed by atoms with van der Waals surface area (Å²) < 4.78 is 28.3. The zero-order valence-electron chi connectivity index (χ0n) is 11.5. The van der Waals surface area contributed by atoms with Gasteiger partial charge in [0.1, 0.15) is 0 Å². The van der Waals surface area contributed by atoms with Crippen LogP contribution in [0.2, 0.25) is 0 Å². The van der Waals surface area contributed by atoms with Crippen LogP contribution in [0.4, 0.5) is 0 Å². The molecule has 3 N–H and O–H groups in total. The Morgan fingerprint density at radius 2 is 1.89 bits per heavy atom. The van der Waals surface area contributed by atoms with Gasteiger partial charge in [-0.15, -0.1) is 0 Å². The average Bonchev–Trinajstić information content (AvgIpc) is 2.38. The van der Waals surface area contributed by atoms with E-state index in [-0.39, 0.29) is 4.90 Å². The highest BCUT2D eigenvalue weighted by Gasteiger charge is 2.28. The highest BCUT2D eigenvalue weighted by molar-refractivity contribution is 9.10. The highest BCUT2D eigenvalue weighted by atomic mass is 79.9. The Bertz CT molecular complexity index is 540. The summed E-state index contributed by atoms with van der Waals surface area (Å²) in [5.41, 5.74) is 5.92. The fourth-order valence-electron chi connectivity index (χ4n) is 1.65. The lowest BCUT2D eigenvalue weighted by atomic mass is 9.98. The molecule has 108 valence electrons. The summed E-state index contributed by atoms with van der Waals surface area (Å²) in [7, 11) is -3.56. The molecule has 1 aromatic rings. The van der Waals surface area contributed by atoms with Crippen LogP contribution < -0.4 is 10.5 Å². The Hall–Kier alpha value is -0.430. The SMILES string of the molecule is CCC(C)(CC)NS(=O)(=O)c1cc(CN)ccc1Br. The van der Waals surface area contributed by atoms with Gasteiger partial charge in [0.25, 0.3) is 0 Å². The molecule has 19 heavy (non-hydrogen) atoms. The van der Waals surface area contributed by atoms with Gasteiger partial charge in [0, 0.05) is 16.6 Å². The number of hydrogen-bond acceptors (Lipinski definition) is 3. The zero-order chi connectivity index (χ0) is 14.7. The van der Waals surface area contributed by atoms with Gasteiger partial charge in [-0.25, -0.2) is 13.1 Å². The molecule has 0 saturated heterocycles. The van der Waals surface area contributed by atoms with Gasteiger partial charge in [0.05, 0.1) is 4.90 Å². The number of halogens is 1. The smallest absolute Gasteiger partial charge is 0.242 e. The number of nitrogens with one attached hydrogen (secondary N) is 1. The van der Waals surface area contributed by atoms with Crippen LogP contribution in [-0.2, 0) is 16.6 Å². The van der Waals surface area contributed by atoms with Crippen LogP contribution in [0.5, 0.6) is 0 Å². The third-order valence-corrected chi connectivity index (χ3v) is 6.09. The molecule has 0 saturated carbocycles. The van der Waals surface area contributed by atoms with Crippen LogP contribution in [0.25, 0.3) is 0 Å². The number of sulfonamides is 1. The molecule has 0 fully saturated rings. The predicted octanol–water partition coefficient (Wildman–Crippen LogP) is 2.76. The van der Waals surface area contributed by atoms with E-state index < -0.39 is 15.6 Å². The number of hydrogen-bond donors (Lipinski definition) is 2. The Kier molecular flexibility index (Phi) is 5.55. The van der Waals surface area contributed by atoms with Crippen molar-refractivity contribution >= 4 is 26.0 Å². The summed E-state index contributed by atoms with van der Waals surface area (Å²) in [5, 5.41) is 0. The van der Waals surface area contributed by atoms with Gasteiger partial charge in [-0.1, -0.05) is 19.9 Å². The summed E-state index contributed by atoms with van der Waals surface area (Å²) in [5.74, 6) is 0. The van der Waals surface area contributed by atoms with E-state index in [2.05, 4.69) is 20.7 Å². The quantitative estimate of drug-likeness (QED) is 0.830. The van der Waals surface area contributed by atoms with Crippen molar-refractivity contribution in [3.8, 4) is 0 Å². The summed E-state index contributed by atoms with van der Waals surface area (Å²) in [6.45, 7) is 6.16. The number of benzene rings is 1. The van der Waals surface area contributed by atoms with Crippen molar-refractivity contribution in [3.05, 3.63) is 28.2 Å². The molecule has 0 bridgehead atoms. The lowest BCUT2D eigenvalue weighted by molar-refractivity contribution is 0.388. The van der Waals surface area contributed by atoms with Crippen LogP contribution in [0.3, 0.4) is 0 Å². The minimum absolute atomic E-state index is 0.239. The second-order valence-electron chi connectivity index (χ2n) is 4.84. The Balaban J connectivity index is 3.20. The summed E-state index contributed by atoms with van der Waals surface area (Å²) in [6.07, 6.45) is 1.47. The molecule has 1 rings (SSSR count). The molecule has 4 nitrogen and oxygen atoms in total. The maximum atomic E-state index is 12.5. The molecule has 0 atom stereocenters. The molecule has 1 aromatic carbocycles. The van der Waals surface area contributed by atoms with Gasteiger partial charge >= 0.3 is 0 Å². The molecular weight excluding hydrogens is 328 g/mol. The molecule has 0 radical (unpaired) electrons. The molecule has 0 amide bonds. The molecule has 0 aliphatic rings. The van der Waals surface area contributed by atoms with Gasteiger partial charge < -0.3 is 5.73 Å². The maximum Gasteiger partial charge on any atom is 0.242 e. The maximum absolute atomic E-state index is 12.5. The first-order chi connectivity index (χ1) is 8.78. The van der Waals surface area contributed by atoms with Crippen LogP contribution in [0, 0.1) is 0 Å². The van der Waals surface area contributed by atoms with Crippen molar-refractivity contribution in [2.45, 2.75) is 50.6 Å². The zero-order valence-corrected chi connectivity index (χ0v) is 13.9. The highest BCUT2D eigenvalue weighted by Crippen LogP contribution is 2.26. The second-order valence-corrected chi connectivity index (χ2v) is 7.35. The van der Waals surface area contributed by atoms with Gasteiger partial charge in [0.2, 0.25) is 10.0 Å². The van der Waals surface area contributed by atoms with Crippen molar-refractivity contribution in [1.82, 2.24) is 4.72 Å². The lowest BCUT2D eigenvalue weighted by Crippen LogP contribution is -2.44. The summed E-state index contributed by atoms with van der Waals surface area (Å²) in [6, 6.07) is 5.13. The van der Waals surface area contributed by atoms with E-state index in [1.807, 2.05) is 26.8 Å². The number of rotatable bonds is 6. The molecular formula is C13H21BrN2O2S. The van der Waals surface area contributed by atoms with E-state index in [9.17, 15) is 8.42 Å². The van der Waals surface area contributed by atoms with Gasteiger partial charge in [-0.2, -0.15) is 0 Å². The van der Waals surface area contributed by atoms with Gasteiger partial charge in [-0.05, 0) is 53.4 Å². The molecule has 0 spiro atoms. The monoisotopic (exact) mass is 348 g/mol. The first kappa shape index (κ1) is 16.6. The Morgan fingerprint density at radius 1 is 1.32 bits per heavy atom. The second kappa shape index (κ2) is 6.35. The third kappa shape index (κ3) is 4.02. The number of nitrogens with two attached hydrogens (primary N) is 1. The van der Waals surface area contributed by atoms with Gasteiger partial charge in [0.15, 0.2) is 0 Å². The molecule has 0 unspecified atom stereocenters. The van der Waals surface area contributed by atoms with Crippen LogP contribution in [0.15, 0.2) is 27.6 Å². The predicted molar refractivity (Wildman–Crippen MR) is 81.3 cm³/mol. The van der Waals surface area contributed by atoms with E-state index in [0.29, 0.717) is 11.0 Å². The minimum Gasteiger partial charge on any atom is -0.326 e. The van der Waals surface area contributed by atoms with Crippen LogP contribution in [-0.4, -0.2) is 14.0 Å². The Morgan fingerprint density at radius 3 is 2.37 bits per heavy atom. The van der Waals surface area contributed by atoms with E-state index in [1.54, 1.807) is 12.1 Å². The normalized spacial score (nSPS) is 12.7. The average molecular weight is 349 g/mol. The largest absolute Gasteiger partial charge is 0.326 e. The van der Waals surface area contributed by atoms with E-state index in [4.69, 9.17) is 5.73 Å². The molecule has 0 heterocycles. The van der Waals surface area contributed by atoms with Crippen LogP contribution >= 0.6 is 15.9 Å². The summed E-state index contributed by atoms with van der Waals surface area (Å²) >= 11 is 3.29. The minimum atomic E-state index is -3.56. The Labute approximate surface area is 124 Å². The van der Waals surface area contributed by atoms with Crippen molar-refractivity contribution in [2.24, 2.45) is 5.73 Å². The summed E-state index contributed by atoms with van der Waals surface area (Å²) in [4.78, 5) is 0.239.